The van der Waals surface area contributed by atoms with E-state index in [2.05, 4.69) is 6.92 Å². The lowest BCUT2D eigenvalue weighted by atomic mass is 10.00. The number of carbonyl (C=O) groups excluding carboxylic acids is 2. The monoisotopic (exact) mass is 316 g/mol. The second-order valence-electron chi connectivity index (χ2n) is 5.55. The standard InChI is InChI=1S/C17H32O5/c1-4-6-8-15(11-13-20-3)14-22-17(19)10-7-9-16(18)21-12-5-2/h15H,4-14H2,1-3H3. The predicted octanol–water partition coefficient (Wildman–Crippen LogP) is 3.50. The summed E-state index contributed by atoms with van der Waals surface area (Å²) >= 11 is 0. The first kappa shape index (κ1) is 20.9. The van der Waals surface area contributed by atoms with Gasteiger partial charge in [0.05, 0.1) is 13.2 Å². The van der Waals surface area contributed by atoms with Crippen LogP contribution in [0.25, 0.3) is 0 Å². The maximum atomic E-state index is 11.7. The molecule has 0 amide bonds. The lowest BCUT2D eigenvalue weighted by Crippen LogP contribution is -2.16. The Hall–Kier alpha value is -1.10. The SMILES string of the molecule is CCCCC(CCOC)COC(=O)CCCC(=O)OCCC. The molecule has 0 aromatic carbocycles. The van der Waals surface area contributed by atoms with Crippen LogP contribution >= 0.6 is 0 Å². The van der Waals surface area contributed by atoms with E-state index < -0.39 is 0 Å². The van der Waals surface area contributed by atoms with Crippen molar-refractivity contribution >= 4 is 11.9 Å². The first-order chi connectivity index (χ1) is 10.6. The van der Waals surface area contributed by atoms with E-state index in [-0.39, 0.29) is 24.8 Å². The lowest BCUT2D eigenvalue weighted by Gasteiger charge is -2.16. The zero-order valence-electron chi connectivity index (χ0n) is 14.4. The average molecular weight is 316 g/mol. The van der Waals surface area contributed by atoms with Gasteiger partial charge in [0.1, 0.15) is 0 Å². The molecule has 0 bridgehead atoms. The Morgan fingerprint density at radius 2 is 1.55 bits per heavy atom. The normalized spacial score (nSPS) is 12.0. The van der Waals surface area contributed by atoms with E-state index in [1.54, 1.807) is 7.11 Å². The van der Waals surface area contributed by atoms with E-state index in [9.17, 15) is 9.59 Å². The van der Waals surface area contributed by atoms with Crippen LogP contribution in [-0.2, 0) is 23.8 Å². The lowest BCUT2D eigenvalue weighted by molar-refractivity contribution is -0.146. The fourth-order valence-corrected chi connectivity index (χ4v) is 2.04. The van der Waals surface area contributed by atoms with Gasteiger partial charge < -0.3 is 14.2 Å². The molecule has 22 heavy (non-hydrogen) atoms. The van der Waals surface area contributed by atoms with Gasteiger partial charge in [0, 0.05) is 26.6 Å². The third kappa shape index (κ3) is 12.6. The Labute approximate surface area is 134 Å². The number of unbranched alkanes of at least 4 members (excludes halogenated alkanes) is 1. The van der Waals surface area contributed by atoms with Crippen LogP contribution in [0.5, 0.6) is 0 Å². The highest BCUT2D eigenvalue weighted by Crippen LogP contribution is 2.14. The second-order valence-corrected chi connectivity index (χ2v) is 5.55. The average Bonchev–Trinajstić information content (AvgIpc) is 2.52. The molecule has 0 aliphatic carbocycles. The van der Waals surface area contributed by atoms with E-state index in [4.69, 9.17) is 14.2 Å². The van der Waals surface area contributed by atoms with Crippen molar-refractivity contribution in [2.75, 3.05) is 26.9 Å². The van der Waals surface area contributed by atoms with Crippen molar-refractivity contribution in [2.24, 2.45) is 5.92 Å². The number of esters is 2. The van der Waals surface area contributed by atoms with Gasteiger partial charge in [-0.25, -0.2) is 0 Å². The summed E-state index contributed by atoms with van der Waals surface area (Å²) in [5, 5.41) is 0. The van der Waals surface area contributed by atoms with Gasteiger partial charge in [-0.1, -0.05) is 26.7 Å². The number of rotatable bonds is 14. The minimum atomic E-state index is -0.240. The molecule has 0 heterocycles. The fourth-order valence-electron chi connectivity index (χ4n) is 2.04. The zero-order valence-corrected chi connectivity index (χ0v) is 14.4. The molecule has 0 rings (SSSR count). The Balaban J connectivity index is 3.80. The molecule has 0 N–H and O–H groups in total. The summed E-state index contributed by atoms with van der Waals surface area (Å²) in [6, 6.07) is 0. The van der Waals surface area contributed by atoms with Gasteiger partial charge in [0.25, 0.3) is 0 Å². The van der Waals surface area contributed by atoms with Crippen molar-refractivity contribution in [3.63, 3.8) is 0 Å². The maximum absolute atomic E-state index is 11.7. The molecule has 0 aromatic rings. The first-order valence-corrected chi connectivity index (χ1v) is 8.44. The third-order valence-electron chi connectivity index (χ3n) is 3.41. The van der Waals surface area contributed by atoms with Gasteiger partial charge in [0.2, 0.25) is 0 Å². The van der Waals surface area contributed by atoms with E-state index in [0.29, 0.717) is 32.2 Å². The van der Waals surface area contributed by atoms with Crippen molar-refractivity contribution in [1.29, 1.82) is 0 Å². The van der Waals surface area contributed by atoms with Crippen LogP contribution in [0.4, 0.5) is 0 Å². The highest BCUT2D eigenvalue weighted by atomic mass is 16.5. The smallest absolute Gasteiger partial charge is 0.305 e. The number of carbonyl (C=O) groups is 2. The summed E-state index contributed by atoms with van der Waals surface area (Å²) < 4.78 is 15.4. The van der Waals surface area contributed by atoms with Gasteiger partial charge in [-0.2, -0.15) is 0 Å². The molecular weight excluding hydrogens is 284 g/mol. The van der Waals surface area contributed by atoms with Gasteiger partial charge in [-0.15, -0.1) is 0 Å². The van der Waals surface area contributed by atoms with Crippen LogP contribution in [-0.4, -0.2) is 38.9 Å². The van der Waals surface area contributed by atoms with Crippen molar-refractivity contribution in [3.8, 4) is 0 Å². The molecule has 0 aliphatic rings. The van der Waals surface area contributed by atoms with E-state index in [0.717, 1.165) is 32.1 Å². The molecule has 5 heteroatoms. The minimum absolute atomic E-state index is 0.234. The number of hydrogen-bond donors (Lipinski definition) is 0. The summed E-state index contributed by atoms with van der Waals surface area (Å²) in [5.74, 6) is -0.115. The van der Waals surface area contributed by atoms with Crippen molar-refractivity contribution in [1.82, 2.24) is 0 Å². The molecule has 0 radical (unpaired) electrons. The minimum Gasteiger partial charge on any atom is -0.466 e. The van der Waals surface area contributed by atoms with Gasteiger partial charge in [-0.3, -0.25) is 9.59 Å². The van der Waals surface area contributed by atoms with Crippen LogP contribution in [0.1, 0.15) is 65.2 Å². The number of methoxy groups -OCH3 is 1. The second kappa shape index (κ2) is 14.8. The fraction of sp³-hybridized carbons (Fsp3) is 0.882. The summed E-state index contributed by atoms with van der Waals surface area (Å²) in [6.07, 6.45) is 6.08. The Morgan fingerprint density at radius 3 is 2.14 bits per heavy atom. The van der Waals surface area contributed by atoms with E-state index in [1.807, 2.05) is 6.92 Å². The Bertz CT molecular complexity index is 283. The largest absolute Gasteiger partial charge is 0.466 e. The van der Waals surface area contributed by atoms with Crippen LogP contribution < -0.4 is 0 Å². The van der Waals surface area contributed by atoms with Crippen LogP contribution in [0.3, 0.4) is 0 Å². The van der Waals surface area contributed by atoms with Crippen molar-refractivity contribution in [2.45, 2.75) is 65.2 Å². The first-order valence-electron chi connectivity index (χ1n) is 8.44. The quantitative estimate of drug-likeness (QED) is 0.459. The molecule has 130 valence electrons. The highest BCUT2D eigenvalue weighted by molar-refractivity contribution is 5.72. The zero-order chi connectivity index (χ0) is 16.6. The third-order valence-corrected chi connectivity index (χ3v) is 3.41. The maximum Gasteiger partial charge on any atom is 0.305 e. The number of hydrogen-bond acceptors (Lipinski definition) is 5. The molecule has 0 saturated carbocycles. The van der Waals surface area contributed by atoms with Gasteiger partial charge in [-0.05, 0) is 31.6 Å². The summed E-state index contributed by atoms with van der Waals surface area (Å²) in [7, 11) is 1.68. The molecule has 1 unspecified atom stereocenters. The van der Waals surface area contributed by atoms with Crippen LogP contribution in [0.15, 0.2) is 0 Å². The van der Waals surface area contributed by atoms with Gasteiger partial charge in [0.15, 0.2) is 0 Å². The summed E-state index contributed by atoms with van der Waals surface area (Å²) in [4.78, 5) is 23.0. The van der Waals surface area contributed by atoms with Crippen LogP contribution in [0.2, 0.25) is 0 Å². The molecule has 0 fully saturated rings. The highest BCUT2D eigenvalue weighted by Gasteiger charge is 2.12. The predicted molar refractivity (Wildman–Crippen MR) is 85.6 cm³/mol. The molecule has 0 saturated heterocycles. The molecule has 1 atom stereocenters. The van der Waals surface area contributed by atoms with Gasteiger partial charge >= 0.3 is 11.9 Å². The number of ether oxygens (including phenoxy) is 3. The van der Waals surface area contributed by atoms with Crippen molar-refractivity contribution < 1.29 is 23.8 Å². The van der Waals surface area contributed by atoms with E-state index >= 15 is 0 Å². The summed E-state index contributed by atoms with van der Waals surface area (Å²) in [6.45, 7) is 5.68. The molecule has 0 aliphatic heterocycles. The molecule has 0 aromatic heterocycles. The molecule has 5 nitrogen and oxygen atoms in total. The topological polar surface area (TPSA) is 61.8 Å². The Morgan fingerprint density at radius 1 is 0.864 bits per heavy atom. The van der Waals surface area contributed by atoms with Crippen LogP contribution in [0, 0.1) is 5.92 Å². The summed E-state index contributed by atoms with van der Waals surface area (Å²) in [5.41, 5.74) is 0. The molecular formula is C17H32O5. The van der Waals surface area contributed by atoms with E-state index in [1.165, 1.54) is 0 Å². The Kier molecular flexibility index (Phi) is 14.1. The van der Waals surface area contributed by atoms with Crippen molar-refractivity contribution in [3.05, 3.63) is 0 Å². The molecule has 0 spiro atoms.